The first-order valence-corrected chi connectivity index (χ1v) is 8.41. The van der Waals surface area contributed by atoms with Crippen molar-refractivity contribution in [2.45, 2.75) is 43.9 Å². The number of unbranched alkanes of at least 4 members (excludes halogenated alkanes) is 1. The van der Waals surface area contributed by atoms with Crippen LogP contribution >= 0.6 is 23.5 Å². The molecule has 2 aliphatic rings. The second kappa shape index (κ2) is 6.64. The lowest BCUT2D eigenvalue weighted by Gasteiger charge is -2.34. The molecule has 0 radical (unpaired) electrons. The van der Waals surface area contributed by atoms with Gasteiger partial charge in [-0.15, -0.1) is 23.5 Å². The summed E-state index contributed by atoms with van der Waals surface area (Å²) in [6, 6.07) is 0. The van der Waals surface area contributed by atoms with Gasteiger partial charge in [-0.05, 0) is 23.7 Å². The van der Waals surface area contributed by atoms with E-state index in [1.165, 1.54) is 32.4 Å². The molecule has 0 aliphatic carbocycles. The molecule has 0 aromatic rings. The van der Waals surface area contributed by atoms with Crippen LogP contribution in [0.2, 0.25) is 0 Å². The number of hydrogen-bond acceptors (Lipinski definition) is 4. The van der Waals surface area contributed by atoms with E-state index in [1.54, 1.807) is 0 Å². The summed E-state index contributed by atoms with van der Waals surface area (Å²) in [5.41, 5.74) is 0. The zero-order chi connectivity index (χ0) is 12.1. The second-order valence-corrected chi connectivity index (χ2v) is 6.51. The predicted octanol–water partition coefficient (Wildman–Crippen LogP) is 3.89. The average Bonchev–Trinajstić information content (AvgIpc) is 2.94. The second-order valence-electron chi connectivity index (χ2n) is 4.45. The summed E-state index contributed by atoms with van der Waals surface area (Å²) < 4.78 is 0. The molecule has 2 heterocycles. The Kier molecular flexibility index (Phi) is 5.16. The predicted molar refractivity (Wildman–Crippen MR) is 79.6 cm³/mol. The van der Waals surface area contributed by atoms with Gasteiger partial charge in [-0.25, -0.2) is 0 Å². The highest BCUT2D eigenvalue weighted by Gasteiger charge is 2.33. The van der Waals surface area contributed by atoms with Crippen molar-refractivity contribution in [3.63, 3.8) is 0 Å². The molecule has 2 atom stereocenters. The number of rotatable bonds is 6. The zero-order valence-corrected chi connectivity index (χ0v) is 12.3. The zero-order valence-electron chi connectivity index (χ0n) is 10.7. The summed E-state index contributed by atoms with van der Waals surface area (Å²) in [6.07, 6.45) is 8.32. The molecule has 0 aromatic heterocycles. The van der Waals surface area contributed by atoms with E-state index >= 15 is 0 Å². The van der Waals surface area contributed by atoms with Crippen molar-refractivity contribution in [2.24, 2.45) is 0 Å². The first kappa shape index (κ1) is 13.2. The van der Waals surface area contributed by atoms with Crippen molar-refractivity contribution in [3.8, 4) is 0 Å². The number of nitrogens with zero attached hydrogens (tertiary/aromatic N) is 2. The van der Waals surface area contributed by atoms with Crippen LogP contribution in [0.3, 0.4) is 0 Å². The smallest absolute Gasteiger partial charge is 0.109 e. The van der Waals surface area contributed by atoms with E-state index in [0.29, 0.717) is 10.7 Å². The van der Waals surface area contributed by atoms with Crippen molar-refractivity contribution in [1.29, 1.82) is 0 Å². The standard InChI is InChI=1S/C13H22N2S2/c1-3-5-7-15-9-11-17-13(15)12-14(6-4-2)8-10-16-12/h8-13H,3-7H2,1-2H3. The van der Waals surface area contributed by atoms with E-state index < -0.39 is 0 Å². The maximum Gasteiger partial charge on any atom is 0.109 e. The maximum absolute atomic E-state index is 2.52. The highest BCUT2D eigenvalue weighted by Crippen LogP contribution is 2.38. The van der Waals surface area contributed by atoms with Gasteiger partial charge in [0.1, 0.15) is 10.7 Å². The van der Waals surface area contributed by atoms with Crippen LogP contribution in [0.1, 0.15) is 33.1 Å². The Morgan fingerprint density at radius 1 is 0.882 bits per heavy atom. The Bertz CT molecular complexity index is 291. The molecule has 0 fully saturated rings. The Balaban J connectivity index is 1.92. The summed E-state index contributed by atoms with van der Waals surface area (Å²) in [5, 5.41) is 5.68. The normalized spacial score (nSPS) is 27.4. The van der Waals surface area contributed by atoms with E-state index in [9.17, 15) is 0 Å². The first-order valence-electron chi connectivity index (χ1n) is 6.52. The molecule has 4 heteroatoms. The van der Waals surface area contributed by atoms with E-state index in [0.717, 1.165) is 0 Å². The van der Waals surface area contributed by atoms with Gasteiger partial charge >= 0.3 is 0 Å². The summed E-state index contributed by atoms with van der Waals surface area (Å²) in [4.78, 5) is 5.01. The van der Waals surface area contributed by atoms with Gasteiger partial charge in [0.05, 0.1) is 0 Å². The molecule has 2 aliphatic heterocycles. The molecule has 96 valence electrons. The van der Waals surface area contributed by atoms with Gasteiger partial charge in [0, 0.05) is 25.5 Å². The van der Waals surface area contributed by atoms with Crippen LogP contribution < -0.4 is 0 Å². The Morgan fingerprint density at radius 2 is 1.47 bits per heavy atom. The molecule has 2 unspecified atom stereocenters. The lowest BCUT2D eigenvalue weighted by atomic mass is 10.3. The lowest BCUT2D eigenvalue weighted by molar-refractivity contribution is 0.259. The minimum Gasteiger partial charge on any atom is -0.362 e. The van der Waals surface area contributed by atoms with Gasteiger partial charge in [-0.1, -0.05) is 20.3 Å². The minimum atomic E-state index is 0.590. The van der Waals surface area contributed by atoms with Crippen molar-refractivity contribution < 1.29 is 0 Å². The van der Waals surface area contributed by atoms with Gasteiger partial charge in [-0.3, -0.25) is 0 Å². The van der Waals surface area contributed by atoms with Crippen LogP contribution in [-0.2, 0) is 0 Å². The topological polar surface area (TPSA) is 6.48 Å². The van der Waals surface area contributed by atoms with Crippen molar-refractivity contribution in [2.75, 3.05) is 13.1 Å². The highest BCUT2D eigenvalue weighted by atomic mass is 32.2. The van der Waals surface area contributed by atoms with Crippen LogP contribution in [0.25, 0.3) is 0 Å². The molecule has 2 rings (SSSR count). The average molecular weight is 270 g/mol. The largest absolute Gasteiger partial charge is 0.362 e. The summed E-state index contributed by atoms with van der Waals surface area (Å²) in [7, 11) is 0. The summed E-state index contributed by atoms with van der Waals surface area (Å²) in [5.74, 6) is 0. The van der Waals surface area contributed by atoms with Crippen molar-refractivity contribution >= 4 is 23.5 Å². The van der Waals surface area contributed by atoms with Crippen LogP contribution in [-0.4, -0.2) is 33.6 Å². The molecule has 0 amide bonds. The number of hydrogen-bond donors (Lipinski definition) is 0. The van der Waals surface area contributed by atoms with Gasteiger partial charge in [-0.2, -0.15) is 0 Å². The monoisotopic (exact) mass is 270 g/mol. The van der Waals surface area contributed by atoms with E-state index in [2.05, 4.69) is 46.9 Å². The number of thioether (sulfide) groups is 2. The first-order chi connectivity index (χ1) is 8.36. The van der Waals surface area contributed by atoms with Crippen molar-refractivity contribution in [1.82, 2.24) is 9.80 Å². The molecule has 2 nitrogen and oxygen atoms in total. The van der Waals surface area contributed by atoms with Crippen LogP contribution in [0, 0.1) is 0 Å². The highest BCUT2D eigenvalue weighted by molar-refractivity contribution is 8.06. The molecule has 0 aromatic carbocycles. The molecular weight excluding hydrogens is 248 g/mol. The van der Waals surface area contributed by atoms with Crippen molar-refractivity contribution in [3.05, 3.63) is 23.2 Å². The Hall–Kier alpha value is -0.220. The molecular formula is C13H22N2S2. The quantitative estimate of drug-likeness (QED) is 0.722. The fraction of sp³-hybridized carbons (Fsp3) is 0.692. The third kappa shape index (κ3) is 3.16. The molecule has 0 N–H and O–H groups in total. The molecule has 17 heavy (non-hydrogen) atoms. The van der Waals surface area contributed by atoms with E-state index in [-0.39, 0.29) is 0 Å². The Labute approximate surface area is 113 Å². The van der Waals surface area contributed by atoms with Gasteiger partial charge in [0.25, 0.3) is 0 Å². The molecule has 0 spiro atoms. The van der Waals surface area contributed by atoms with E-state index in [4.69, 9.17) is 0 Å². The SMILES string of the molecule is CCCCN1C=CSC1C1SC=CN1CCC. The Morgan fingerprint density at radius 3 is 2.00 bits per heavy atom. The van der Waals surface area contributed by atoms with Gasteiger partial charge in [0.15, 0.2) is 0 Å². The van der Waals surface area contributed by atoms with Crippen LogP contribution in [0.4, 0.5) is 0 Å². The summed E-state index contributed by atoms with van der Waals surface area (Å²) in [6.45, 7) is 6.88. The maximum atomic E-state index is 2.52. The van der Waals surface area contributed by atoms with Crippen LogP contribution in [0.15, 0.2) is 23.2 Å². The third-order valence-electron chi connectivity index (χ3n) is 3.09. The third-order valence-corrected chi connectivity index (χ3v) is 5.43. The summed E-state index contributed by atoms with van der Waals surface area (Å²) >= 11 is 3.94. The van der Waals surface area contributed by atoms with E-state index in [1.807, 2.05) is 23.5 Å². The molecule has 0 saturated carbocycles. The van der Waals surface area contributed by atoms with Crippen LogP contribution in [0.5, 0.6) is 0 Å². The van der Waals surface area contributed by atoms with Gasteiger partial charge < -0.3 is 9.80 Å². The molecule has 0 saturated heterocycles. The fourth-order valence-corrected chi connectivity index (χ4v) is 4.58. The minimum absolute atomic E-state index is 0.590. The fourth-order valence-electron chi connectivity index (χ4n) is 2.18. The molecule has 0 bridgehead atoms. The lowest BCUT2D eigenvalue weighted by Crippen LogP contribution is -2.41. The van der Waals surface area contributed by atoms with Gasteiger partial charge in [0.2, 0.25) is 0 Å².